The Hall–Kier alpha value is -0.540. The molecular formula is C16H25BrN2. The Kier molecular flexibility index (Phi) is 4.91. The van der Waals surface area contributed by atoms with Crippen LogP contribution in [0.25, 0.3) is 0 Å². The molecule has 0 amide bonds. The smallest absolute Gasteiger partial charge is 0.0513 e. The number of halogens is 1. The fourth-order valence-electron chi connectivity index (χ4n) is 2.82. The molecular weight excluding hydrogens is 300 g/mol. The van der Waals surface area contributed by atoms with Crippen LogP contribution in [0.2, 0.25) is 0 Å². The standard InChI is InChI=1S/C16H25BrN2/c1-11-5-6-12(2)19(10-11)16-8-7-14(9-15(16)17)13(3)18-4/h7-9,11-13,18H,5-6,10H2,1-4H3. The Balaban J connectivity index is 2.25. The molecule has 0 saturated carbocycles. The Morgan fingerprint density at radius 2 is 2.05 bits per heavy atom. The molecule has 1 aromatic rings. The van der Waals surface area contributed by atoms with Gasteiger partial charge in [0.1, 0.15) is 0 Å². The number of rotatable bonds is 3. The number of anilines is 1. The molecule has 0 bridgehead atoms. The highest BCUT2D eigenvalue weighted by molar-refractivity contribution is 9.10. The van der Waals surface area contributed by atoms with Gasteiger partial charge in [-0.25, -0.2) is 0 Å². The zero-order valence-electron chi connectivity index (χ0n) is 12.4. The molecule has 106 valence electrons. The predicted octanol–water partition coefficient (Wildman–Crippen LogP) is 4.35. The summed E-state index contributed by atoms with van der Waals surface area (Å²) in [5.41, 5.74) is 2.67. The minimum absolute atomic E-state index is 0.392. The van der Waals surface area contributed by atoms with Gasteiger partial charge < -0.3 is 10.2 Å². The summed E-state index contributed by atoms with van der Waals surface area (Å²) in [5, 5.41) is 3.29. The Morgan fingerprint density at radius 3 is 2.68 bits per heavy atom. The lowest BCUT2D eigenvalue weighted by molar-refractivity contribution is 0.390. The first-order valence-electron chi connectivity index (χ1n) is 7.26. The summed E-state index contributed by atoms with van der Waals surface area (Å²) >= 11 is 3.76. The van der Waals surface area contributed by atoms with E-state index in [1.165, 1.54) is 35.1 Å². The van der Waals surface area contributed by atoms with Crippen molar-refractivity contribution < 1.29 is 0 Å². The fourth-order valence-corrected chi connectivity index (χ4v) is 3.44. The van der Waals surface area contributed by atoms with Crippen molar-refractivity contribution in [1.29, 1.82) is 0 Å². The first-order chi connectivity index (χ1) is 9.02. The van der Waals surface area contributed by atoms with E-state index in [4.69, 9.17) is 0 Å². The zero-order valence-corrected chi connectivity index (χ0v) is 14.0. The summed E-state index contributed by atoms with van der Waals surface area (Å²) in [4.78, 5) is 2.55. The Labute approximate surface area is 125 Å². The molecule has 1 fully saturated rings. The van der Waals surface area contributed by atoms with E-state index in [1.54, 1.807) is 0 Å². The van der Waals surface area contributed by atoms with Crippen molar-refractivity contribution in [3.05, 3.63) is 28.2 Å². The molecule has 1 aliphatic rings. The molecule has 1 N–H and O–H groups in total. The number of hydrogen-bond acceptors (Lipinski definition) is 2. The van der Waals surface area contributed by atoms with Crippen molar-refractivity contribution in [2.45, 2.75) is 45.7 Å². The largest absolute Gasteiger partial charge is 0.368 e. The number of hydrogen-bond donors (Lipinski definition) is 1. The lowest BCUT2D eigenvalue weighted by atomic mass is 9.94. The van der Waals surface area contributed by atoms with E-state index in [9.17, 15) is 0 Å². The average Bonchev–Trinajstić information content (AvgIpc) is 2.41. The molecule has 1 aliphatic heterocycles. The van der Waals surface area contributed by atoms with Gasteiger partial charge in [-0.2, -0.15) is 0 Å². The molecule has 1 aromatic carbocycles. The van der Waals surface area contributed by atoms with E-state index < -0.39 is 0 Å². The molecule has 0 spiro atoms. The molecule has 0 aromatic heterocycles. The lowest BCUT2D eigenvalue weighted by Gasteiger charge is -2.39. The van der Waals surface area contributed by atoms with Gasteiger partial charge in [-0.05, 0) is 73.3 Å². The molecule has 0 radical (unpaired) electrons. The number of piperidine rings is 1. The van der Waals surface area contributed by atoms with Crippen LogP contribution in [0.5, 0.6) is 0 Å². The second-order valence-electron chi connectivity index (χ2n) is 5.91. The highest BCUT2D eigenvalue weighted by Crippen LogP contribution is 2.34. The van der Waals surface area contributed by atoms with E-state index >= 15 is 0 Å². The first kappa shape index (κ1) is 14.9. The highest BCUT2D eigenvalue weighted by Gasteiger charge is 2.24. The second-order valence-corrected chi connectivity index (χ2v) is 6.76. The minimum atomic E-state index is 0.392. The van der Waals surface area contributed by atoms with Crippen LogP contribution in [-0.2, 0) is 0 Å². The van der Waals surface area contributed by atoms with Crippen molar-refractivity contribution in [3.8, 4) is 0 Å². The normalized spacial score (nSPS) is 25.4. The molecule has 0 aliphatic carbocycles. The van der Waals surface area contributed by atoms with E-state index in [1.807, 2.05) is 7.05 Å². The van der Waals surface area contributed by atoms with Gasteiger partial charge in [-0.3, -0.25) is 0 Å². The Morgan fingerprint density at radius 1 is 1.32 bits per heavy atom. The third-order valence-corrected chi connectivity index (χ3v) is 4.97. The molecule has 2 rings (SSSR count). The van der Waals surface area contributed by atoms with Crippen LogP contribution in [-0.4, -0.2) is 19.6 Å². The summed E-state index contributed by atoms with van der Waals surface area (Å²) < 4.78 is 1.22. The molecule has 2 nitrogen and oxygen atoms in total. The molecule has 1 saturated heterocycles. The predicted molar refractivity (Wildman–Crippen MR) is 86.8 cm³/mol. The topological polar surface area (TPSA) is 15.3 Å². The molecule has 3 unspecified atom stereocenters. The molecule has 3 heteroatoms. The van der Waals surface area contributed by atoms with Gasteiger partial charge in [0.25, 0.3) is 0 Å². The quantitative estimate of drug-likeness (QED) is 0.888. The third-order valence-electron chi connectivity index (χ3n) is 4.33. The van der Waals surface area contributed by atoms with Crippen LogP contribution in [0.4, 0.5) is 5.69 Å². The zero-order chi connectivity index (χ0) is 14.0. The lowest BCUT2D eigenvalue weighted by Crippen LogP contribution is -2.41. The molecule has 3 atom stereocenters. The molecule has 1 heterocycles. The maximum atomic E-state index is 3.76. The fraction of sp³-hybridized carbons (Fsp3) is 0.625. The van der Waals surface area contributed by atoms with Crippen LogP contribution in [0, 0.1) is 5.92 Å². The maximum absolute atomic E-state index is 3.76. The summed E-state index contributed by atoms with van der Waals surface area (Å²) in [6, 6.07) is 7.79. The van der Waals surface area contributed by atoms with E-state index in [0.717, 1.165) is 5.92 Å². The summed E-state index contributed by atoms with van der Waals surface area (Å²) in [7, 11) is 2.00. The summed E-state index contributed by atoms with van der Waals surface area (Å²) in [6.07, 6.45) is 2.65. The number of benzene rings is 1. The monoisotopic (exact) mass is 324 g/mol. The van der Waals surface area contributed by atoms with Gasteiger partial charge in [0.15, 0.2) is 0 Å². The van der Waals surface area contributed by atoms with Gasteiger partial charge >= 0.3 is 0 Å². The van der Waals surface area contributed by atoms with Crippen LogP contribution in [0.1, 0.15) is 45.2 Å². The van der Waals surface area contributed by atoms with E-state index in [2.05, 4.69) is 65.1 Å². The minimum Gasteiger partial charge on any atom is -0.368 e. The summed E-state index contributed by atoms with van der Waals surface area (Å²) in [5.74, 6) is 0.791. The van der Waals surface area contributed by atoms with Gasteiger partial charge in [-0.15, -0.1) is 0 Å². The van der Waals surface area contributed by atoms with Gasteiger partial charge in [0.05, 0.1) is 5.69 Å². The second kappa shape index (κ2) is 6.27. The third kappa shape index (κ3) is 3.32. The van der Waals surface area contributed by atoms with Gasteiger partial charge in [0, 0.05) is 23.1 Å². The number of nitrogens with one attached hydrogen (secondary N) is 1. The van der Waals surface area contributed by atoms with Crippen LogP contribution in [0.3, 0.4) is 0 Å². The number of nitrogens with zero attached hydrogens (tertiary/aromatic N) is 1. The highest BCUT2D eigenvalue weighted by atomic mass is 79.9. The Bertz CT molecular complexity index is 433. The van der Waals surface area contributed by atoms with Crippen molar-refractivity contribution in [3.63, 3.8) is 0 Å². The van der Waals surface area contributed by atoms with Crippen molar-refractivity contribution in [1.82, 2.24) is 5.32 Å². The van der Waals surface area contributed by atoms with Crippen molar-refractivity contribution in [2.75, 3.05) is 18.5 Å². The molecule has 19 heavy (non-hydrogen) atoms. The van der Waals surface area contributed by atoms with Crippen molar-refractivity contribution in [2.24, 2.45) is 5.92 Å². The van der Waals surface area contributed by atoms with Crippen LogP contribution >= 0.6 is 15.9 Å². The van der Waals surface area contributed by atoms with Crippen LogP contribution < -0.4 is 10.2 Å². The first-order valence-corrected chi connectivity index (χ1v) is 8.05. The van der Waals surface area contributed by atoms with Gasteiger partial charge in [0.2, 0.25) is 0 Å². The van der Waals surface area contributed by atoms with Crippen molar-refractivity contribution >= 4 is 21.6 Å². The maximum Gasteiger partial charge on any atom is 0.0513 e. The van der Waals surface area contributed by atoms with E-state index in [0.29, 0.717) is 12.1 Å². The average molecular weight is 325 g/mol. The van der Waals surface area contributed by atoms with Crippen LogP contribution in [0.15, 0.2) is 22.7 Å². The SMILES string of the molecule is CNC(C)c1ccc(N2CC(C)CCC2C)c(Br)c1. The van der Waals surface area contributed by atoms with E-state index in [-0.39, 0.29) is 0 Å². The summed E-state index contributed by atoms with van der Waals surface area (Å²) in [6.45, 7) is 8.04. The van der Waals surface area contributed by atoms with Gasteiger partial charge in [-0.1, -0.05) is 13.0 Å².